The summed E-state index contributed by atoms with van der Waals surface area (Å²) in [6, 6.07) is 15.6. The minimum absolute atomic E-state index is 0.0458. The second-order valence-corrected chi connectivity index (χ2v) is 4.81. The van der Waals surface area contributed by atoms with Gasteiger partial charge in [0.2, 0.25) is 0 Å². The molecule has 2 atom stereocenters. The van der Waals surface area contributed by atoms with E-state index in [2.05, 4.69) is 0 Å². The van der Waals surface area contributed by atoms with Crippen molar-refractivity contribution in [2.75, 3.05) is 6.54 Å². The third-order valence-corrected chi connectivity index (χ3v) is 3.64. The molecule has 3 heteroatoms. The zero-order chi connectivity index (χ0) is 13.2. The van der Waals surface area contributed by atoms with Crippen molar-refractivity contribution in [1.82, 2.24) is 0 Å². The van der Waals surface area contributed by atoms with E-state index < -0.39 is 0 Å². The highest BCUT2D eigenvalue weighted by molar-refractivity contribution is 5.43. The fourth-order valence-corrected chi connectivity index (χ4v) is 2.67. The lowest BCUT2D eigenvalue weighted by atomic mass is 9.90. The molecular weight excluding hydrogens is 238 g/mol. The van der Waals surface area contributed by atoms with Crippen molar-refractivity contribution in [2.24, 2.45) is 5.73 Å². The van der Waals surface area contributed by atoms with E-state index in [0.717, 1.165) is 16.7 Å². The molecule has 3 N–H and O–H groups in total. The molecule has 1 heterocycles. The van der Waals surface area contributed by atoms with Crippen molar-refractivity contribution < 1.29 is 9.84 Å². The van der Waals surface area contributed by atoms with Gasteiger partial charge >= 0.3 is 0 Å². The topological polar surface area (TPSA) is 55.5 Å². The third kappa shape index (κ3) is 2.23. The lowest BCUT2D eigenvalue weighted by molar-refractivity contribution is -0.0229. The van der Waals surface area contributed by atoms with Crippen LogP contribution in [0.5, 0.6) is 5.75 Å². The maximum absolute atomic E-state index is 10.0. The lowest BCUT2D eigenvalue weighted by Gasteiger charge is -2.32. The van der Waals surface area contributed by atoms with E-state index in [1.165, 1.54) is 0 Å². The average Bonchev–Trinajstić information content (AvgIpc) is 2.48. The molecule has 2 unspecified atom stereocenters. The monoisotopic (exact) mass is 255 g/mol. The Labute approximate surface area is 112 Å². The van der Waals surface area contributed by atoms with Crippen LogP contribution in [0.15, 0.2) is 48.5 Å². The number of ether oxygens (including phenoxy) is 1. The van der Waals surface area contributed by atoms with Crippen LogP contribution in [-0.2, 0) is 11.2 Å². The number of hydrogen-bond donors (Lipinski definition) is 2. The van der Waals surface area contributed by atoms with Crippen LogP contribution in [0, 0.1) is 0 Å². The van der Waals surface area contributed by atoms with Gasteiger partial charge < -0.3 is 15.6 Å². The van der Waals surface area contributed by atoms with Gasteiger partial charge in [-0.2, -0.15) is 0 Å². The Kier molecular flexibility index (Phi) is 3.23. The molecule has 2 aromatic rings. The second-order valence-electron chi connectivity index (χ2n) is 4.81. The Morgan fingerprint density at radius 2 is 1.89 bits per heavy atom. The predicted molar refractivity (Wildman–Crippen MR) is 73.9 cm³/mol. The van der Waals surface area contributed by atoms with Gasteiger partial charge in [0, 0.05) is 18.5 Å². The van der Waals surface area contributed by atoms with Crippen LogP contribution in [0.4, 0.5) is 0 Å². The molecule has 0 aliphatic carbocycles. The van der Waals surface area contributed by atoms with Crippen LogP contribution in [0.3, 0.4) is 0 Å². The van der Waals surface area contributed by atoms with Gasteiger partial charge in [0.15, 0.2) is 0 Å². The number of aromatic hydroxyl groups is 1. The fourth-order valence-electron chi connectivity index (χ4n) is 2.67. The summed E-state index contributed by atoms with van der Waals surface area (Å²) < 4.78 is 6.07. The van der Waals surface area contributed by atoms with Crippen molar-refractivity contribution >= 4 is 0 Å². The zero-order valence-electron chi connectivity index (χ0n) is 10.6. The highest BCUT2D eigenvalue weighted by Gasteiger charge is 2.29. The molecule has 0 fully saturated rings. The number of phenolic OH excluding ortho intramolecular Hbond substituents is 1. The summed E-state index contributed by atoms with van der Waals surface area (Å²) in [5, 5.41) is 10.0. The van der Waals surface area contributed by atoms with Crippen LogP contribution >= 0.6 is 0 Å². The Morgan fingerprint density at radius 3 is 2.63 bits per heavy atom. The number of nitrogens with two attached hydrogens (primary N) is 1. The van der Waals surface area contributed by atoms with Gasteiger partial charge in [0.25, 0.3) is 0 Å². The molecule has 0 saturated heterocycles. The second kappa shape index (κ2) is 5.03. The molecule has 2 aromatic carbocycles. The summed E-state index contributed by atoms with van der Waals surface area (Å²) >= 11 is 0. The van der Waals surface area contributed by atoms with Crippen molar-refractivity contribution in [2.45, 2.75) is 18.6 Å². The molecule has 0 saturated carbocycles. The molecule has 0 radical (unpaired) electrons. The molecule has 0 aromatic heterocycles. The van der Waals surface area contributed by atoms with E-state index in [9.17, 15) is 5.11 Å². The number of fused-ring (bicyclic) bond motifs is 1. The van der Waals surface area contributed by atoms with Crippen LogP contribution < -0.4 is 5.73 Å². The van der Waals surface area contributed by atoms with Gasteiger partial charge in [-0.3, -0.25) is 0 Å². The molecule has 3 rings (SSSR count). The number of rotatable bonds is 2. The minimum atomic E-state index is -0.152. The number of phenols is 1. The van der Waals surface area contributed by atoms with E-state index in [1.54, 1.807) is 6.07 Å². The molecule has 1 aliphatic heterocycles. The van der Waals surface area contributed by atoms with Crippen molar-refractivity contribution in [1.29, 1.82) is 0 Å². The highest BCUT2D eigenvalue weighted by Crippen LogP contribution is 2.40. The maximum atomic E-state index is 10.0. The van der Waals surface area contributed by atoms with E-state index >= 15 is 0 Å². The SMILES string of the molecule is NCC1OC(c2ccccc2)Cc2c(O)cccc21. The molecule has 19 heavy (non-hydrogen) atoms. The normalized spacial score (nSPS) is 21.9. The van der Waals surface area contributed by atoms with Gasteiger partial charge in [-0.05, 0) is 17.2 Å². The average molecular weight is 255 g/mol. The van der Waals surface area contributed by atoms with Gasteiger partial charge in [0.1, 0.15) is 5.75 Å². The molecule has 1 aliphatic rings. The van der Waals surface area contributed by atoms with Crippen LogP contribution in [0.1, 0.15) is 28.9 Å². The number of hydrogen-bond acceptors (Lipinski definition) is 3. The first-order valence-electron chi connectivity index (χ1n) is 6.51. The van der Waals surface area contributed by atoms with Gasteiger partial charge in [-0.1, -0.05) is 42.5 Å². The quantitative estimate of drug-likeness (QED) is 0.867. The van der Waals surface area contributed by atoms with E-state index in [4.69, 9.17) is 10.5 Å². The predicted octanol–water partition coefficient (Wildman–Crippen LogP) is 2.71. The summed E-state index contributed by atoms with van der Waals surface area (Å²) in [4.78, 5) is 0. The van der Waals surface area contributed by atoms with Crippen molar-refractivity contribution in [3.05, 3.63) is 65.2 Å². The molecule has 0 spiro atoms. The van der Waals surface area contributed by atoms with Crippen LogP contribution in [0.2, 0.25) is 0 Å². The first-order chi connectivity index (χ1) is 9.29. The Bertz CT molecular complexity index is 568. The first kappa shape index (κ1) is 12.2. The fraction of sp³-hybridized carbons (Fsp3) is 0.250. The van der Waals surface area contributed by atoms with Crippen LogP contribution in [0.25, 0.3) is 0 Å². The lowest BCUT2D eigenvalue weighted by Crippen LogP contribution is -2.25. The molecule has 0 bridgehead atoms. The molecule has 98 valence electrons. The van der Waals surface area contributed by atoms with Crippen molar-refractivity contribution in [3.8, 4) is 5.75 Å². The summed E-state index contributed by atoms with van der Waals surface area (Å²) in [5.41, 5.74) is 8.89. The zero-order valence-corrected chi connectivity index (χ0v) is 10.6. The van der Waals surface area contributed by atoms with Crippen molar-refractivity contribution in [3.63, 3.8) is 0 Å². The Morgan fingerprint density at radius 1 is 1.11 bits per heavy atom. The Hall–Kier alpha value is -1.84. The summed E-state index contributed by atoms with van der Waals surface area (Å²) in [5.74, 6) is 0.334. The van der Waals surface area contributed by atoms with Gasteiger partial charge in [-0.15, -0.1) is 0 Å². The van der Waals surface area contributed by atoms with E-state index in [0.29, 0.717) is 18.7 Å². The first-order valence-corrected chi connectivity index (χ1v) is 6.51. The molecule has 0 amide bonds. The smallest absolute Gasteiger partial charge is 0.119 e. The van der Waals surface area contributed by atoms with E-state index in [-0.39, 0.29) is 12.2 Å². The Balaban J connectivity index is 2.00. The van der Waals surface area contributed by atoms with Gasteiger partial charge in [0.05, 0.1) is 12.2 Å². The molecular formula is C16H17NO2. The van der Waals surface area contributed by atoms with E-state index in [1.807, 2.05) is 42.5 Å². The van der Waals surface area contributed by atoms with Crippen LogP contribution in [-0.4, -0.2) is 11.7 Å². The standard InChI is InChI=1S/C16H17NO2/c17-10-16-12-7-4-8-14(18)13(12)9-15(19-16)11-5-2-1-3-6-11/h1-8,15-16,18H,9-10,17H2. The summed E-state index contributed by atoms with van der Waals surface area (Å²) in [6.45, 7) is 0.416. The molecule has 3 nitrogen and oxygen atoms in total. The number of benzene rings is 2. The maximum Gasteiger partial charge on any atom is 0.119 e. The summed E-state index contributed by atoms with van der Waals surface area (Å²) in [7, 11) is 0. The van der Waals surface area contributed by atoms with Gasteiger partial charge in [-0.25, -0.2) is 0 Å². The minimum Gasteiger partial charge on any atom is -0.508 e. The largest absolute Gasteiger partial charge is 0.508 e. The summed E-state index contributed by atoms with van der Waals surface area (Å²) in [6.07, 6.45) is 0.485. The highest BCUT2D eigenvalue weighted by atomic mass is 16.5. The third-order valence-electron chi connectivity index (χ3n) is 3.64.